The van der Waals surface area contributed by atoms with Crippen molar-refractivity contribution in [1.82, 2.24) is 0 Å². The highest BCUT2D eigenvalue weighted by Gasteiger charge is 2.34. The van der Waals surface area contributed by atoms with E-state index in [1.165, 1.54) is 97.9 Å². The Kier molecular flexibility index (Phi) is 5.71. The minimum atomic E-state index is 0.421. The van der Waals surface area contributed by atoms with Crippen LogP contribution in [0, 0.1) is 11.8 Å². The van der Waals surface area contributed by atoms with Crippen molar-refractivity contribution in [1.29, 1.82) is 0 Å². The number of benzene rings is 2. The fourth-order valence-electron chi connectivity index (χ4n) is 6.83. The second-order valence-electron chi connectivity index (χ2n) is 10.6. The predicted octanol–water partition coefficient (Wildman–Crippen LogP) is 6.98. The van der Waals surface area contributed by atoms with Crippen LogP contribution in [0.4, 0.5) is 0 Å². The highest BCUT2D eigenvalue weighted by atomic mass is 14.9. The van der Waals surface area contributed by atoms with Gasteiger partial charge in [0.05, 0.1) is 23.5 Å². The topological polar surface area (TPSA) is 24.7 Å². The zero-order valence-electron chi connectivity index (χ0n) is 19.3. The first-order valence-electron chi connectivity index (χ1n) is 13.2. The van der Waals surface area contributed by atoms with E-state index in [1.807, 2.05) is 0 Å². The maximum Gasteiger partial charge on any atom is 0.0911 e. The van der Waals surface area contributed by atoms with Crippen LogP contribution in [0.2, 0.25) is 0 Å². The summed E-state index contributed by atoms with van der Waals surface area (Å²) in [5.41, 5.74) is 8.00. The van der Waals surface area contributed by atoms with Gasteiger partial charge in [-0.25, -0.2) is 0 Å². The molecule has 0 spiro atoms. The predicted molar refractivity (Wildman–Crippen MR) is 134 cm³/mol. The van der Waals surface area contributed by atoms with Gasteiger partial charge < -0.3 is 0 Å². The summed E-state index contributed by atoms with van der Waals surface area (Å²) in [6, 6.07) is 18.9. The molecule has 0 N–H and O–H groups in total. The first-order chi connectivity index (χ1) is 15.9. The quantitative estimate of drug-likeness (QED) is 0.508. The largest absolute Gasteiger partial charge is 0.278 e. The second-order valence-corrected chi connectivity index (χ2v) is 10.6. The minimum absolute atomic E-state index is 0.421. The molecule has 2 atom stereocenters. The summed E-state index contributed by atoms with van der Waals surface area (Å²) in [7, 11) is 0. The summed E-state index contributed by atoms with van der Waals surface area (Å²) >= 11 is 0. The van der Waals surface area contributed by atoms with Crippen molar-refractivity contribution in [2.45, 2.75) is 89.1 Å². The Labute approximate surface area is 193 Å². The van der Waals surface area contributed by atoms with Crippen LogP contribution in [-0.2, 0) is 12.8 Å². The van der Waals surface area contributed by atoms with Crippen LogP contribution in [0.1, 0.15) is 86.5 Å². The lowest BCUT2D eigenvalue weighted by molar-refractivity contribution is 0.302. The highest BCUT2D eigenvalue weighted by molar-refractivity contribution is 6.54. The van der Waals surface area contributed by atoms with Crippen molar-refractivity contribution in [2.24, 2.45) is 21.8 Å². The Hall–Kier alpha value is -2.22. The van der Waals surface area contributed by atoms with E-state index in [4.69, 9.17) is 9.98 Å². The summed E-state index contributed by atoms with van der Waals surface area (Å²) in [4.78, 5) is 11.1. The Balaban J connectivity index is 1.44. The Bertz CT molecular complexity index is 937. The molecular formula is C30H36N2. The van der Waals surface area contributed by atoms with Crippen LogP contribution >= 0.6 is 0 Å². The number of hydrogen-bond donors (Lipinski definition) is 0. The number of rotatable bonds is 3. The van der Waals surface area contributed by atoms with E-state index in [0.29, 0.717) is 12.1 Å². The lowest BCUT2D eigenvalue weighted by atomic mass is 9.77. The van der Waals surface area contributed by atoms with E-state index in [0.717, 1.165) is 24.7 Å². The van der Waals surface area contributed by atoms with Crippen LogP contribution in [0.25, 0.3) is 0 Å². The fourth-order valence-corrected chi connectivity index (χ4v) is 6.83. The van der Waals surface area contributed by atoms with Gasteiger partial charge in [0.1, 0.15) is 0 Å². The smallest absolute Gasteiger partial charge is 0.0911 e. The molecule has 2 aliphatic heterocycles. The van der Waals surface area contributed by atoms with Crippen LogP contribution in [0.15, 0.2) is 58.5 Å². The molecule has 2 saturated carbocycles. The first kappa shape index (κ1) is 20.4. The third-order valence-electron chi connectivity index (χ3n) is 8.61. The molecule has 32 heavy (non-hydrogen) atoms. The first-order valence-corrected chi connectivity index (χ1v) is 13.2. The molecule has 4 aliphatic rings. The standard InChI is InChI=1S/C30H36N2/c1-3-11-21(12-4-1)27-19-23-15-7-9-17-25(23)29(31-27)30-26-18-10-8-16-24(26)20-28(32-30)22-13-5-2-6-14-22/h7-10,15-18,21-22,27-28H,1-6,11-14,19-20H2/t27-,28-/m0/s1. The zero-order valence-corrected chi connectivity index (χ0v) is 19.3. The highest BCUT2D eigenvalue weighted by Crippen LogP contribution is 2.36. The molecule has 166 valence electrons. The molecule has 6 rings (SSSR count). The monoisotopic (exact) mass is 424 g/mol. The molecule has 2 nitrogen and oxygen atoms in total. The lowest BCUT2D eigenvalue weighted by Crippen LogP contribution is -2.36. The van der Waals surface area contributed by atoms with E-state index in [-0.39, 0.29) is 0 Å². The summed E-state index contributed by atoms with van der Waals surface area (Å²) in [6.07, 6.45) is 15.9. The molecule has 2 aliphatic carbocycles. The summed E-state index contributed by atoms with van der Waals surface area (Å²) in [5.74, 6) is 1.47. The molecule has 0 amide bonds. The molecule has 0 aromatic heterocycles. The molecule has 2 fully saturated rings. The van der Waals surface area contributed by atoms with Crippen molar-refractivity contribution in [3.8, 4) is 0 Å². The van der Waals surface area contributed by atoms with Crippen molar-refractivity contribution >= 4 is 11.4 Å². The van der Waals surface area contributed by atoms with Gasteiger partial charge in [-0.15, -0.1) is 0 Å². The van der Waals surface area contributed by atoms with Gasteiger partial charge in [0, 0.05) is 11.1 Å². The third kappa shape index (κ3) is 3.87. The SMILES string of the molecule is c1ccc2c(c1)C[C@@H](C1CCCCC1)N=C2C1=N[C@H](C2CCCCC2)Cc2ccccc21. The van der Waals surface area contributed by atoms with E-state index in [9.17, 15) is 0 Å². The van der Waals surface area contributed by atoms with Gasteiger partial charge in [-0.2, -0.15) is 0 Å². The van der Waals surface area contributed by atoms with Gasteiger partial charge >= 0.3 is 0 Å². The van der Waals surface area contributed by atoms with Gasteiger partial charge in [-0.05, 0) is 61.5 Å². The maximum atomic E-state index is 5.53. The molecule has 0 unspecified atom stereocenters. The van der Waals surface area contributed by atoms with E-state index in [1.54, 1.807) is 0 Å². The molecule has 2 heterocycles. The van der Waals surface area contributed by atoms with Crippen LogP contribution < -0.4 is 0 Å². The van der Waals surface area contributed by atoms with Crippen molar-refractivity contribution < 1.29 is 0 Å². The Morgan fingerprint density at radius 1 is 0.500 bits per heavy atom. The van der Waals surface area contributed by atoms with Crippen LogP contribution in [-0.4, -0.2) is 23.5 Å². The molecule has 2 aromatic rings. The molecule has 2 heteroatoms. The van der Waals surface area contributed by atoms with Crippen molar-refractivity contribution in [3.63, 3.8) is 0 Å². The summed E-state index contributed by atoms with van der Waals surface area (Å²) in [5, 5.41) is 0. The maximum absolute atomic E-state index is 5.53. The van der Waals surface area contributed by atoms with Gasteiger partial charge in [-0.3, -0.25) is 9.98 Å². The lowest BCUT2D eigenvalue weighted by Gasteiger charge is -2.35. The van der Waals surface area contributed by atoms with E-state index in [2.05, 4.69) is 48.5 Å². The molecule has 0 saturated heterocycles. The summed E-state index contributed by atoms with van der Waals surface area (Å²) < 4.78 is 0. The average molecular weight is 425 g/mol. The average Bonchev–Trinajstić information content (AvgIpc) is 2.88. The van der Waals surface area contributed by atoms with Gasteiger partial charge in [0.25, 0.3) is 0 Å². The molecule has 2 aromatic carbocycles. The van der Waals surface area contributed by atoms with Gasteiger partial charge in [0.2, 0.25) is 0 Å². The Morgan fingerprint density at radius 2 is 0.906 bits per heavy atom. The van der Waals surface area contributed by atoms with Gasteiger partial charge in [0.15, 0.2) is 0 Å². The Morgan fingerprint density at radius 3 is 1.34 bits per heavy atom. The number of hydrogen-bond acceptors (Lipinski definition) is 2. The second kappa shape index (κ2) is 8.96. The molecule has 0 bridgehead atoms. The van der Waals surface area contributed by atoms with Gasteiger partial charge in [-0.1, -0.05) is 87.1 Å². The molecule has 0 radical (unpaired) electrons. The normalized spacial score (nSPS) is 26.6. The van der Waals surface area contributed by atoms with E-state index < -0.39 is 0 Å². The molecular weight excluding hydrogens is 388 g/mol. The van der Waals surface area contributed by atoms with Crippen molar-refractivity contribution in [2.75, 3.05) is 0 Å². The minimum Gasteiger partial charge on any atom is -0.278 e. The fraction of sp³-hybridized carbons (Fsp3) is 0.533. The number of aliphatic imine (C=N–C) groups is 2. The van der Waals surface area contributed by atoms with Crippen LogP contribution in [0.3, 0.4) is 0 Å². The third-order valence-corrected chi connectivity index (χ3v) is 8.61. The number of nitrogens with zero attached hydrogens (tertiary/aromatic N) is 2. The number of fused-ring (bicyclic) bond motifs is 2. The van der Waals surface area contributed by atoms with Crippen molar-refractivity contribution in [3.05, 3.63) is 70.8 Å². The summed E-state index contributed by atoms with van der Waals surface area (Å²) in [6.45, 7) is 0. The van der Waals surface area contributed by atoms with Crippen LogP contribution in [0.5, 0.6) is 0 Å². The zero-order chi connectivity index (χ0) is 21.3. The van der Waals surface area contributed by atoms with E-state index >= 15 is 0 Å².